The molecule has 0 spiro atoms. The van der Waals surface area contributed by atoms with Crippen molar-refractivity contribution in [2.24, 2.45) is 0 Å². The fourth-order valence-corrected chi connectivity index (χ4v) is 1.96. The summed E-state index contributed by atoms with van der Waals surface area (Å²) in [6.45, 7) is 0. The van der Waals surface area contributed by atoms with E-state index in [2.05, 4.69) is 0 Å². The summed E-state index contributed by atoms with van der Waals surface area (Å²) in [5.41, 5.74) is 0.642. The van der Waals surface area contributed by atoms with Crippen molar-refractivity contribution in [1.82, 2.24) is 9.80 Å². The molecular weight excluding hydrogens is 336 g/mol. The molecule has 2 rings (SSSR count). The minimum Gasteiger partial charge on any atom is -0.410 e. The second-order valence-corrected chi connectivity index (χ2v) is 5.88. The third-order valence-corrected chi connectivity index (χ3v) is 3.37. The maximum Gasteiger partial charge on any atom is 0.414 e. The summed E-state index contributed by atoms with van der Waals surface area (Å²) >= 11 is 0. The first-order chi connectivity index (χ1) is 12.3. The molecule has 0 aliphatic carbocycles. The van der Waals surface area contributed by atoms with Crippen molar-refractivity contribution in [3.8, 4) is 11.5 Å². The molecule has 2 amide bonds. The number of carbonyl (C=O) groups excluding carboxylic acids is 3. The maximum atomic E-state index is 12.7. The van der Waals surface area contributed by atoms with Gasteiger partial charge in [-0.3, -0.25) is 4.79 Å². The van der Waals surface area contributed by atoms with Gasteiger partial charge in [0.1, 0.15) is 11.5 Å². The summed E-state index contributed by atoms with van der Waals surface area (Å²) < 4.78 is 10.5. The summed E-state index contributed by atoms with van der Waals surface area (Å²) in [5.74, 6) is -0.130. The van der Waals surface area contributed by atoms with Gasteiger partial charge in [-0.05, 0) is 12.1 Å². The van der Waals surface area contributed by atoms with Crippen molar-refractivity contribution in [1.29, 1.82) is 0 Å². The standard InChI is InChI=1S/C19H20N2O5/c1-20(2)18(23)25-14-10-11-15(16(12-14)26-19(24)21(3)4)17(22)13-8-6-5-7-9-13/h5-12H,1-4H3. The van der Waals surface area contributed by atoms with Gasteiger partial charge in [0, 0.05) is 39.8 Å². The topological polar surface area (TPSA) is 76.1 Å². The number of amides is 2. The molecule has 0 bridgehead atoms. The molecule has 0 saturated heterocycles. The van der Waals surface area contributed by atoms with E-state index >= 15 is 0 Å². The minimum atomic E-state index is -0.650. The van der Waals surface area contributed by atoms with Crippen LogP contribution in [0.2, 0.25) is 0 Å². The highest BCUT2D eigenvalue weighted by molar-refractivity contribution is 6.11. The number of hydrogen-bond donors (Lipinski definition) is 0. The summed E-state index contributed by atoms with van der Waals surface area (Å²) in [7, 11) is 6.14. The third kappa shape index (κ3) is 4.60. The Balaban J connectivity index is 2.41. The van der Waals surface area contributed by atoms with E-state index in [1.165, 1.54) is 42.1 Å². The zero-order valence-electron chi connectivity index (χ0n) is 15.1. The number of benzene rings is 2. The molecular formula is C19H20N2O5. The highest BCUT2D eigenvalue weighted by Crippen LogP contribution is 2.28. The van der Waals surface area contributed by atoms with Gasteiger partial charge in [-0.1, -0.05) is 30.3 Å². The molecule has 0 heterocycles. The first kappa shape index (κ1) is 19.0. The van der Waals surface area contributed by atoms with Crippen LogP contribution >= 0.6 is 0 Å². The molecule has 2 aromatic rings. The molecule has 0 aliphatic rings. The second-order valence-electron chi connectivity index (χ2n) is 5.88. The normalized spacial score (nSPS) is 10.0. The third-order valence-electron chi connectivity index (χ3n) is 3.37. The van der Waals surface area contributed by atoms with Crippen LogP contribution in [-0.2, 0) is 0 Å². The van der Waals surface area contributed by atoms with E-state index in [1.54, 1.807) is 44.4 Å². The van der Waals surface area contributed by atoms with Crippen molar-refractivity contribution in [2.45, 2.75) is 0 Å². The quantitative estimate of drug-likeness (QED) is 0.787. The Morgan fingerprint density at radius 3 is 1.92 bits per heavy atom. The van der Waals surface area contributed by atoms with Gasteiger partial charge >= 0.3 is 12.2 Å². The van der Waals surface area contributed by atoms with E-state index in [4.69, 9.17) is 9.47 Å². The lowest BCUT2D eigenvalue weighted by Crippen LogP contribution is -2.27. The van der Waals surface area contributed by atoms with Crippen molar-refractivity contribution >= 4 is 18.0 Å². The zero-order chi connectivity index (χ0) is 19.3. The lowest BCUT2D eigenvalue weighted by Gasteiger charge is -2.15. The number of hydrogen-bond acceptors (Lipinski definition) is 5. The van der Waals surface area contributed by atoms with Crippen LogP contribution in [-0.4, -0.2) is 56.0 Å². The van der Waals surface area contributed by atoms with Gasteiger partial charge in [0.15, 0.2) is 5.78 Å². The molecule has 26 heavy (non-hydrogen) atoms. The number of carbonyl (C=O) groups is 3. The molecule has 0 aliphatic heterocycles. The van der Waals surface area contributed by atoms with Crippen molar-refractivity contribution in [3.63, 3.8) is 0 Å². The Labute approximate surface area is 151 Å². The first-order valence-electron chi connectivity index (χ1n) is 7.81. The summed E-state index contributed by atoms with van der Waals surface area (Å²) in [6.07, 6.45) is -1.24. The Bertz CT molecular complexity index is 816. The van der Waals surface area contributed by atoms with E-state index in [0.717, 1.165) is 0 Å². The fourth-order valence-electron chi connectivity index (χ4n) is 1.96. The Hall–Kier alpha value is -3.35. The number of nitrogens with zero attached hydrogens (tertiary/aromatic N) is 2. The minimum absolute atomic E-state index is 0.0154. The van der Waals surface area contributed by atoms with Crippen LogP contribution in [0.3, 0.4) is 0 Å². The van der Waals surface area contributed by atoms with Crippen LogP contribution in [0.25, 0.3) is 0 Å². The predicted molar refractivity (Wildman–Crippen MR) is 95.7 cm³/mol. The number of rotatable bonds is 4. The average molecular weight is 356 g/mol. The Morgan fingerprint density at radius 1 is 0.769 bits per heavy atom. The van der Waals surface area contributed by atoms with Gasteiger partial charge in [-0.25, -0.2) is 9.59 Å². The summed E-state index contributed by atoms with van der Waals surface area (Å²) in [4.78, 5) is 38.9. The maximum absolute atomic E-state index is 12.7. The van der Waals surface area contributed by atoms with Gasteiger partial charge < -0.3 is 19.3 Å². The van der Waals surface area contributed by atoms with Crippen LogP contribution in [0.4, 0.5) is 9.59 Å². The molecule has 7 heteroatoms. The lowest BCUT2D eigenvalue weighted by molar-refractivity contribution is 0.103. The molecule has 0 atom stereocenters. The summed E-state index contributed by atoms with van der Waals surface area (Å²) in [5, 5.41) is 0. The second kappa shape index (κ2) is 8.15. The van der Waals surface area contributed by atoms with Gasteiger partial charge in [0.05, 0.1) is 5.56 Å². The van der Waals surface area contributed by atoms with E-state index in [-0.39, 0.29) is 22.8 Å². The van der Waals surface area contributed by atoms with Gasteiger partial charge in [-0.15, -0.1) is 0 Å². The molecule has 0 unspecified atom stereocenters. The Kier molecular flexibility index (Phi) is 5.95. The van der Waals surface area contributed by atoms with Crippen LogP contribution in [0.1, 0.15) is 15.9 Å². The van der Waals surface area contributed by atoms with Crippen molar-refractivity contribution < 1.29 is 23.9 Å². The van der Waals surface area contributed by atoms with Crippen molar-refractivity contribution in [2.75, 3.05) is 28.2 Å². The van der Waals surface area contributed by atoms with E-state index < -0.39 is 12.2 Å². The van der Waals surface area contributed by atoms with Crippen LogP contribution in [0.15, 0.2) is 48.5 Å². The van der Waals surface area contributed by atoms with E-state index in [1.807, 2.05) is 0 Å². The number of ether oxygens (including phenoxy) is 2. The van der Waals surface area contributed by atoms with Crippen LogP contribution in [0, 0.1) is 0 Å². The smallest absolute Gasteiger partial charge is 0.410 e. The Morgan fingerprint density at radius 2 is 1.35 bits per heavy atom. The summed E-state index contributed by atoms with van der Waals surface area (Å²) in [6, 6.07) is 12.9. The molecule has 0 fully saturated rings. The van der Waals surface area contributed by atoms with Gasteiger partial charge in [0.25, 0.3) is 0 Å². The monoisotopic (exact) mass is 356 g/mol. The molecule has 0 N–H and O–H groups in total. The fraction of sp³-hybridized carbons (Fsp3) is 0.211. The predicted octanol–water partition coefficient (Wildman–Crippen LogP) is 3.04. The molecule has 0 saturated carbocycles. The highest BCUT2D eigenvalue weighted by atomic mass is 16.6. The highest BCUT2D eigenvalue weighted by Gasteiger charge is 2.20. The van der Waals surface area contributed by atoms with Gasteiger partial charge in [0.2, 0.25) is 0 Å². The van der Waals surface area contributed by atoms with E-state index in [0.29, 0.717) is 5.56 Å². The molecule has 2 aromatic carbocycles. The average Bonchev–Trinajstić information content (AvgIpc) is 2.62. The largest absolute Gasteiger partial charge is 0.414 e. The number of ketones is 1. The van der Waals surface area contributed by atoms with Gasteiger partial charge in [-0.2, -0.15) is 0 Å². The lowest BCUT2D eigenvalue weighted by atomic mass is 10.0. The molecule has 136 valence electrons. The van der Waals surface area contributed by atoms with Crippen LogP contribution in [0.5, 0.6) is 11.5 Å². The van der Waals surface area contributed by atoms with Crippen molar-refractivity contribution in [3.05, 3.63) is 59.7 Å². The zero-order valence-corrected chi connectivity index (χ0v) is 15.1. The first-order valence-corrected chi connectivity index (χ1v) is 7.81. The van der Waals surface area contributed by atoms with E-state index in [9.17, 15) is 14.4 Å². The van der Waals surface area contributed by atoms with Crippen LogP contribution < -0.4 is 9.47 Å². The molecule has 0 aromatic heterocycles. The molecule has 7 nitrogen and oxygen atoms in total. The SMILES string of the molecule is CN(C)C(=O)Oc1ccc(C(=O)c2ccccc2)c(OC(=O)N(C)C)c1. The molecule has 0 radical (unpaired) electrons.